The van der Waals surface area contributed by atoms with Gasteiger partial charge in [0.25, 0.3) is 0 Å². The zero-order valence-corrected chi connectivity index (χ0v) is 34.9. The van der Waals surface area contributed by atoms with Gasteiger partial charge in [-0.25, -0.2) is 9.59 Å². The Labute approximate surface area is 340 Å². The van der Waals surface area contributed by atoms with Crippen LogP contribution < -0.4 is 0 Å². The molecule has 0 radical (unpaired) electrons. The lowest BCUT2D eigenvalue weighted by Gasteiger charge is -2.70. The molecule has 0 aliphatic heterocycles. The van der Waals surface area contributed by atoms with Gasteiger partial charge >= 0.3 is 11.9 Å². The maximum atomic E-state index is 13.2. The number of benzene rings is 2. The van der Waals surface area contributed by atoms with E-state index in [-0.39, 0.29) is 35.2 Å². The van der Waals surface area contributed by atoms with Crippen molar-refractivity contribution in [2.45, 2.75) is 117 Å². The highest BCUT2D eigenvalue weighted by Crippen LogP contribution is 2.73. The fourth-order valence-electron chi connectivity index (χ4n) is 12.8. The minimum Gasteiger partial charge on any atom is -0.462 e. The molecular weight excluding hydrogens is 717 g/mol. The molecule has 12 atom stereocenters. The second kappa shape index (κ2) is 16.2. The van der Waals surface area contributed by atoms with Crippen LogP contribution in [0.2, 0.25) is 0 Å². The van der Waals surface area contributed by atoms with Gasteiger partial charge in [0, 0.05) is 23.0 Å². The van der Waals surface area contributed by atoms with Crippen molar-refractivity contribution in [2.75, 3.05) is 13.2 Å². The highest BCUT2D eigenvalue weighted by Gasteiger charge is 2.70. The first-order chi connectivity index (χ1) is 26.9. The lowest BCUT2D eigenvalue weighted by Crippen LogP contribution is -2.70. The van der Waals surface area contributed by atoms with E-state index in [1.165, 1.54) is 12.2 Å². The average molecular weight is 783 g/mol. The molecule has 310 valence electrons. The standard InChI is InChI=1S/C49H66O8/c1-8-15-37-46(5)26-25-38(51)47(6,32-56-40(53)22-20-33-16-11-9-12-17-33)36(46)24-27-48(37,7)45(4)29-35-28-44(2,3)43(42(55)49(35,31-50)39(52)30-45)57-41(54)23-21-34-18-13-10-14-19-34/h8-14,16-23,35-39,42-43,50-52,55H,1,15,24-32H2,2-7H3/t35?,36?,37?,38-,39+,42-,43-,45-,46-,47+,48+,49-/m0/s1. The first-order valence-corrected chi connectivity index (χ1v) is 21.0. The number of aliphatic hydroxyl groups is 4. The van der Waals surface area contributed by atoms with E-state index in [4.69, 9.17) is 9.47 Å². The Balaban J connectivity index is 1.25. The van der Waals surface area contributed by atoms with Gasteiger partial charge in [-0.1, -0.05) is 108 Å². The van der Waals surface area contributed by atoms with Crippen LogP contribution >= 0.6 is 0 Å². The number of fused-ring (bicyclic) bond motifs is 2. The van der Waals surface area contributed by atoms with E-state index in [1.54, 1.807) is 12.2 Å². The minimum atomic E-state index is -1.28. The molecular formula is C49H66O8. The maximum absolute atomic E-state index is 13.2. The highest BCUT2D eigenvalue weighted by atomic mass is 16.6. The van der Waals surface area contributed by atoms with Gasteiger partial charge in [0.15, 0.2) is 0 Å². The summed E-state index contributed by atoms with van der Waals surface area (Å²) < 4.78 is 11.9. The summed E-state index contributed by atoms with van der Waals surface area (Å²) in [4.78, 5) is 26.2. The summed E-state index contributed by atoms with van der Waals surface area (Å²) in [5, 5.41) is 47.4. The Bertz CT molecular complexity index is 1810. The molecule has 4 N–H and O–H groups in total. The topological polar surface area (TPSA) is 134 Å². The second-order valence-corrected chi connectivity index (χ2v) is 19.7. The molecule has 57 heavy (non-hydrogen) atoms. The number of aliphatic hydroxyl groups excluding tert-OH is 4. The lowest BCUT2D eigenvalue weighted by atomic mass is 9.35. The second-order valence-electron chi connectivity index (χ2n) is 19.7. The summed E-state index contributed by atoms with van der Waals surface area (Å²) in [5.41, 5.74) is -1.73. The Hall–Kier alpha value is -3.56. The Morgan fingerprint density at radius 1 is 0.789 bits per heavy atom. The van der Waals surface area contributed by atoms with Crippen molar-refractivity contribution in [3.63, 3.8) is 0 Å². The zero-order chi connectivity index (χ0) is 41.4. The third-order valence-electron chi connectivity index (χ3n) is 16.2. The molecule has 0 aromatic heterocycles. The quantitative estimate of drug-likeness (QED) is 0.102. The summed E-state index contributed by atoms with van der Waals surface area (Å²) in [6.45, 7) is 17.0. The van der Waals surface area contributed by atoms with Crippen LogP contribution in [0.25, 0.3) is 12.2 Å². The number of carbonyl (C=O) groups is 2. The van der Waals surface area contributed by atoms with Gasteiger partial charge in [-0.05, 0) is 109 Å². The molecule has 8 heteroatoms. The van der Waals surface area contributed by atoms with Crippen LogP contribution in [0.15, 0.2) is 85.5 Å². The van der Waals surface area contributed by atoms with Crippen LogP contribution in [0, 0.1) is 50.2 Å². The number of hydrogen-bond acceptors (Lipinski definition) is 8. The Morgan fingerprint density at radius 2 is 1.39 bits per heavy atom. The number of hydrogen-bond donors (Lipinski definition) is 4. The molecule has 0 saturated heterocycles. The molecule has 6 rings (SSSR count). The summed E-state index contributed by atoms with van der Waals surface area (Å²) in [7, 11) is 0. The summed E-state index contributed by atoms with van der Waals surface area (Å²) >= 11 is 0. The van der Waals surface area contributed by atoms with Crippen LogP contribution in [0.3, 0.4) is 0 Å². The Morgan fingerprint density at radius 3 is 1.96 bits per heavy atom. The molecule has 4 fully saturated rings. The molecule has 4 aliphatic carbocycles. The lowest BCUT2D eigenvalue weighted by molar-refractivity contribution is -0.277. The van der Waals surface area contributed by atoms with Crippen molar-refractivity contribution < 1.29 is 39.5 Å². The fourth-order valence-corrected chi connectivity index (χ4v) is 12.8. The van der Waals surface area contributed by atoms with E-state index in [9.17, 15) is 30.0 Å². The molecule has 0 bridgehead atoms. The van der Waals surface area contributed by atoms with Gasteiger partial charge in [0.2, 0.25) is 0 Å². The molecule has 2 aromatic carbocycles. The first-order valence-electron chi connectivity index (χ1n) is 21.0. The van der Waals surface area contributed by atoms with Crippen LogP contribution in [0.5, 0.6) is 0 Å². The molecule has 2 aromatic rings. The number of allylic oxidation sites excluding steroid dienone is 1. The van der Waals surface area contributed by atoms with Crippen molar-refractivity contribution in [2.24, 2.45) is 50.2 Å². The molecule has 4 saturated carbocycles. The SMILES string of the molecule is C=CCC1[C@@]2(C)CC[C@H](O)[C@](C)(COC(=O)C=Cc3ccccc3)C2CC[C@@]1(C)[C@@]1(C)CC2CC(C)(C)[C@@H](OC(=O)C=Cc3ccccc3)[C@H](O)[C@]2(CO)[C@H](O)C1. The van der Waals surface area contributed by atoms with E-state index >= 15 is 0 Å². The van der Waals surface area contributed by atoms with Gasteiger partial charge in [0.1, 0.15) is 12.2 Å². The zero-order valence-electron chi connectivity index (χ0n) is 34.9. The van der Waals surface area contributed by atoms with Crippen LogP contribution in [-0.4, -0.2) is 70.0 Å². The van der Waals surface area contributed by atoms with Crippen LogP contribution in [0.4, 0.5) is 0 Å². The van der Waals surface area contributed by atoms with Crippen molar-refractivity contribution in [3.05, 3.63) is 96.6 Å². The van der Waals surface area contributed by atoms with Gasteiger partial charge in [-0.3, -0.25) is 0 Å². The predicted molar refractivity (Wildman–Crippen MR) is 223 cm³/mol. The summed E-state index contributed by atoms with van der Waals surface area (Å²) in [6.07, 6.45) is 9.74. The van der Waals surface area contributed by atoms with Gasteiger partial charge < -0.3 is 29.9 Å². The smallest absolute Gasteiger partial charge is 0.331 e. The molecule has 0 heterocycles. The largest absolute Gasteiger partial charge is 0.462 e. The molecule has 0 spiro atoms. The average Bonchev–Trinajstić information content (AvgIpc) is 3.18. The highest BCUT2D eigenvalue weighted by molar-refractivity contribution is 5.87. The monoisotopic (exact) mass is 782 g/mol. The summed E-state index contributed by atoms with van der Waals surface area (Å²) in [6, 6.07) is 19.1. The van der Waals surface area contributed by atoms with E-state index in [1.807, 2.05) is 80.6 Å². The molecule has 4 aliphatic rings. The van der Waals surface area contributed by atoms with Crippen LogP contribution in [-0.2, 0) is 19.1 Å². The number of rotatable bonds is 11. The predicted octanol–water partition coefficient (Wildman–Crippen LogP) is 8.19. The van der Waals surface area contributed by atoms with Crippen molar-refractivity contribution in [3.8, 4) is 0 Å². The minimum absolute atomic E-state index is 0.0631. The van der Waals surface area contributed by atoms with Gasteiger partial charge in [-0.15, -0.1) is 6.58 Å². The van der Waals surface area contributed by atoms with Crippen molar-refractivity contribution in [1.82, 2.24) is 0 Å². The van der Waals surface area contributed by atoms with Crippen molar-refractivity contribution >= 4 is 24.1 Å². The van der Waals surface area contributed by atoms with E-state index in [0.717, 1.165) is 36.8 Å². The molecule has 8 nitrogen and oxygen atoms in total. The Kier molecular flexibility index (Phi) is 12.3. The molecule has 0 amide bonds. The summed E-state index contributed by atoms with van der Waals surface area (Å²) in [5.74, 6) is -1.06. The number of esters is 2. The van der Waals surface area contributed by atoms with Crippen molar-refractivity contribution in [1.29, 1.82) is 0 Å². The first kappa shape index (κ1) is 43.0. The third-order valence-corrected chi connectivity index (χ3v) is 16.2. The van der Waals surface area contributed by atoms with Gasteiger partial charge in [-0.2, -0.15) is 0 Å². The van der Waals surface area contributed by atoms with E-state index in [2.05, 4.69) is 34.3 Å². The third kappa shape index (κ3) is 7.61. The van der Waals surface area contributed by atoms with E-state index < -0.39 is 64.6 Å². The number of ether oxygens (including phenoxy) is 2. The number of carbonyl (C=O) groups excluding carboxylic acids is 2. The van der Waals surface area contributed by atoms with Gasteiger partial charge in [0.05, 0.1) is 30.8 Å². The van der Waals surface area contributed by atoms with E-state index in [0.29, 0.717) is 25.7 Å². The normalized spacial score (nSPS) is 40.2. The maximum Gasteiger partial charge on any atom is 0.331 e. The van der Waals surface area contributed by atoms with Crippen LogP contribution in [0.1, 0.15) is 104 Å². The fraction of sp³-hybridized carbons (Fsp3) is 0.592. The molecule has 3 unspecified atom stereocenters.